The van der Waals surface area contributed by atoms with Gasteiger partial charge in [0.05, 0.1) is 12.5 Å². The fourth-order valence-electron chi connectivity index (χ4n) is 2.58. The molecule has 0 aliphatic heterocycles. The Hall–Kier alpha value is -2.93. The number of benzene rings is 2. The van der Waals surface area contributed by atoms with Gasteiger partial charge in [-0.1, -0.05) is 63.2 Å². The number of likely N-dealkylation sites (N-methyl/N-ethyl adjacent to an activating group) is 1. The van der Waals surface area contributed by atoms with Gasteiger partial charge in [-0.2, -0.15) is 0 Å². The van der Waals surface area contributed by atoms with Gasteiger partial charge in [0, 0.05) is 13.5 Å². The van der Waals surface area contributed by atoms with E-state index in [1.165, 1.54) is 7.05 Å². The molecule has 29 heavy (non-hydrogen) atoms. The average molecular weight is 402 g/mol. The van der Waals surface area contributed by atoms with Gasteiger partial charge in [0.15, 0.2) is 0 Å². The van der Waals surface area contributed by atoms with Crippen molar-refractivity contribution in [1.29, 1.82) is 0 Å². The zero-order valence-corrected chi connectivity index (χ0v) is 17.5. The van der Waals surface area contributed by atoms with Crippen LogP contribution in [0.1, 0.15) is 32.8 Å². The predicted octanol–water partition coefficient (Wildman–Crippen LogP) is 2.42. The zero-order chi connectivity index (χ0) is 21.8. The van der Waals surface area contributed by atoms with Crippen LogP contribution in [0.3, 0.4) is 0 Å². The van der Waals surface area contributed by atoms with E-state index in [0.29, 0.717) is 6.42 Å². The third kappa shape index (κ3) is 9.21. The van der Waals surface area contributed by atoms with Crippen molar-refractivity contribution in [1.82, 2.24) is 16.1 Å². The summed E-state index contributed by atoms with van der Waals surface area (Å²) in [6.45, 7) is 6.34. The summed E-state index contributed by atoms with van der Waals surface area (Å²) < 4.78 is 0. The van der Waals surface area contributed by atoms with Crippen molar-refractivity contribution in [2.24, 2.45) is 11.8 Å². The third-order valence-electron chi connectivity index (χ3n) is 3.93. The van der Waals surface area contributed by atoms with Gasteiger partial charge in [-0.25, -0.2) is 5.48 Å². The molecule has 0 saturated carbocycles. The second kappa shape index (κ2) is 12.5. The van der Waals surface area contributed by atoms with E-state index in [9.17, 15) is 14.4 Å². The molecule has 2 aromatic carbocycles. The van der Waals surface area contributed by atoms with Gasteiger partial charge in [-0.05, 0) is 28.7 Å². The van der Waals surface area contributed by atoms with Crippen molar-refractivity contribution in [3.63, 3.8) is 0 Å². The molecule has 0 saturated heterocycles. The summed E-state index contributed by atoms with van der Waals surface area (Å²) >= 11 is 0. The Balaban J connectivity index is 0.000000960. The summed E-state index contributed by atoms with van der Waals surface area (Å²) in [5, 5.41) is 15.8. The van der Waals surface area contributed by atoms with Crippen molar-refractivity contribution < 1.29 is 19.6 Å². The Morgan fingerprint density at radius 1 is 0.966 bits per heavy atom. The highest BCUT2D eigenvalue weighted by Crippen LogP contribution is 2.19. The minimum atomic E-state index is -0.696. The van der Waals surface area contributed by atoms with Crippen LogP contribution in [0.15, 0.2) is 42.5 Å². The molecular weight excluding hydrogens is 370 g/mol. The van der Waals surface area contributed by atoms with Crippen molar-refractivity contribution in [3.8, 4) is 0 Å². The number of hydroxylamine groups is 1. The first-order valence-corrected chi connectivity index (χ1v) is 9.65. The van der Waals surface area contributed by atoms with Gasteiger partial charge >= 0.3 is 0 Å². The maximum absolute atomic E-state index is 12.3. The average Bonchev–Trinajstić information content (AvgIpc) is 2.70. The Kier molecular flexibility index (Phi) is 10.4. The molecule has 0 radical (unpaired) electrons. The Morgan fingerprint density at radius 2 is 1.59 bits per heavy atom. The second-order valence-corrected chi connectivity index (χ2v) is 7.44. The van der Waals surface area contributed by atoms with Crippen LogP contribution in [-0.2, 0) is 20.8 Å². The highest BCUT2D eigenvalue weighted by atomic mass is 16.5. The lowest BCUT2D eigenvalue weighted by molar-refractivity contribution is -0.135. The van der Waals surface area contributed by atoms with Gasteiger partial charge < -0.3 is 10.6 Å². The molecule has 2 rings (SSSR count). The van der Waals surface area contributed by atoms with E-state index in [1.54, 1.807) is 5.48 Å². The van der Waals surface area contributed by atoms with Crippen LogP contribution in [0, 0.1) is 11.8 Å². The van der Waals surface area contributed by atoms with Gasteiger partial charge in [0.25, 0.3) is 0 Å². The molecule has 0 heterocycles. The summed E-state index contributed by atoms with van der Waals surface area (Å²) in [5.74, 6) is -1.26. The van der Waals surface area contributed by atoms with E-state index >= 15 is 0 Å². The number of carbonyl (C=O) groups is 3. The van der Waals surface area contributed by atoms with E-state index in [0.717, 1.165) is 22.3 Å². The first-order valence-electron chi connectivity index (χ1n) is 9.65. The molecule has 0 aromatic heterocycles. The monoisotopic (exact) mass is 401 g/mol. The van der Waals surface area contributed by atoms with Crippen molar-refractivity contribution in [3.05, 3.63) is 48.0 Å². The number of nitrogens with one attached hydrogen (secondary N) is 3. The van der Waals surface area contributed by atoms with Gasteiger partial charge in [-0.3, -0.25) is 19.6 Å². The first-order chi connectivity index (χ1) is 13.8. The lowest BCUT2D eigenvalue weighted by Gasteiger charge is -2.16. The van der Waals surface area contributed by atoms with E-state index < -0.39 is 17.7 Å². The van der Waals surface area contributed by atoms with Crippen LogP contribution >= 0.6 is 0 Å². The molecule has 7 heteroatoms. The molecule has 0 aliphatic rings. The lowest BCUT2D eigenvalue weighted by atomic mass is 9.93. The predicted molar refractivity (Wildman–Crippen MR) is 113 cm³/mol. The maximum Gasteiger partial charge on any atom is 0.244 e. The fraction of sp³-hybridized carbons (Fsp3) is 0.409. The largest absolute Gasteiger partial charge is 0.358 e. The minimum absolute atomic E-state index is 0.162. The van der Waals surface area contributed by atoms with Gasteiger partial charge in [-0.15, -0.1) is 0 Å². The lowest BCUT2D eigenvalue weighted by Crippen LogP contribution is -2.40. The van der Waals surface area contributed by atoms with Gasteiger partial charge in [0.2, 0.25) is 17.7 Å². The SMILES string of the molecule is CC(C)C.CNC(=O)CNC(=O)[C@@H](CC(=O)NO)Cc1ccc2ccccc2c1. The highest BCUT2D eigenvalue weighted by molar-refractivity contribution is 5.89. The molecule has 158 valence electrons. The second-order valence-electron chi connectivity index (χ2n) is 7.44. The number of hydrogen-bond acceptors (Lipinski definition) is 4. The minimum Gasteiger partial charge on any atom is -0.358 e. The zero-order valence-electron chi connectivity index (χ0n) is 17.5. The van der Waals surface area contributed by atoms with Crippen molar-refractivity contribution in [2.75, 3.05) is 13.6 Å². The molecule has 7 nitrogen and oxygen atoms in total. The molecule has 0 bridgehead atoms. The molecule has 3 amide bonds. The Morgan fingerprint density at radius 3 is 2.17 bits per heavy atom. The molecule has 4 N–H and O–H groups in total. The third-order valence-corrected chi connectivity index (χ3v) is 3.93. The molecule has 0 unspecified atom stereocenters. The summed E-state index contributed by atoms with van der Waals surface area (Å²) in [6, 6.07) is 13.7. The van der Waals surface area contributed by atoms with E-state index in [-0.39, 0.29) is 18.9 Å². The number of rotatable bonds is 7. The van der Waals surface area contributed by atoms with Crippen molar-refractivity contribution in [2.45, 2.75) is 33.6 Å². The normalized spacial score (nSPS) is 11.2. The number of carbonyl (C=O) groups excluding carboxylic acids is 3. The van der Waals surface area contributed by atoms with Crippen LogP contribution in [0.5, 0.6) is 0 Å². The van der Waals surface area contributed by atoms with E-state index in [4.69, 9.17) is 5.21 Å². The quantitative estimate of drug-likeness (QED) is 0.422. The first kappa shape index (κ1) is 24.1. The molecule has 0 aliphatic carbocycles. The van der Waals surface area contributed by atoms with Gasteiger partial charge in [0.1, 0.15) is 0 Å². The number of hydrogen-bond donors (Lipinski definition) is 4. The van der Waals surface area contributed by atoms with E-state index in [2.05, 4.69) is 31.4 Å². The number of fused-ring (bicyclic) bond motifs is 1. The van der Waals surface area contributed by atoms with Crippen LogP contribution in [0.2, 0.25) is 0 Å². The molecule has 2 aromatic rings. The fourth-order valence-corrected chi connectivity index (χ4v) is 2.58. The van der Waals surface area contributed by atoms with Crippen LogP contribution in [-0.4, -0.2) is 36.5 Å². The van der Waals surface area contributed by atoms with Crippen LogP contribution in [0.25, 0.3) is 10.8 Å². The molecular formula is C22H31N3O4. The number of amides is 3. The Bertz CT molecular complexity index is 818. The Labute approximate surface area is 171 Å². The van der Waals surface area contributed by atoms with Crippen LogP contribution in [0.4, 0.5) is 0 Å². The summed E-state index contributed by atoms with van der Waals surface area (Å²) in [5.41, 5.74) is 2.44. The van der Waals surface area contributed by atoms with Crippen molar-refractivity contribution >= 4 is 28.5 Å². The topological polar surface area (TPSA) is 108 Å². The maximum atomic E-state index is 12.3. The molecule has 0 spiro atoms. The highest BCUT2D eigenvalue weighted by Gasteiger charge is 2.22. The summed E-state index contributed by atoms with van der Waals surface area (Å²) in [6.07, 6.45) is 0.140. The molecule has 0 fully saturated rings. The summed E-state index contributed by atoms with van der Waals surface area (Å²) in [7, 11) is 1.47. The van der Waals surface area contributed by atoms with Crippen LogP contribution < -0.4 is 16.1 Å². The van der Waals surface area contributed by atoms with E-state index in [1.807, 2.05) is 42.5 Å². The molecule has 1 atom stereocenters. The standard InChI is InChI=1S/C18H21N3O4.C4H10/c1-19-17(23)11-20-18(24)15(10-16(22)21-25)9-12-6-7-13-4-2-3-5-14(13)8-12;1-4(2)3/h2-8,15,25H,9-11H2,1H3,(H,19,23)(H,20,24)(H,21,22);4H,1-3H3/t15-;/m1./s1. The summed E-state index contributed by atoms with van der Waals surface area (Å²) in [4.78, 5) is 35.1. The smallest absolute Gasteiger partial charge is 0.244 e.